The van der Waals surface area contributed by atoms with Crippen molar-refractivity contribution in [1.29, 1.82) is 0 Å². The summed E-state index contributed by atoms with van der Waals surface area (Å²) < 4.78 is 0. The Morgan fingerprint density at radius 2 is 1.89 bits per heavy atom. The molecule has 1 unspecified atom stereocenters. The van der Waals surface area contributed by atoms with Crippen molar-refractivity contribution in [2.24, 2.45) is 0 Å². The molecule has 0 aromatic heterocycles. The molecule has 5 heteroatoms. The number of hydrogen-bond donors (Lipinski definition) is 3. The number of carbonyl (C=O) groups excluding carboxylic acids is 2. The van der Waals surface area contributed by atoms with Crippen molar-refractivity contribution in [2.75, 3.05) is 17.7 Å². The van der Waals surface area contributed by atoms with Gasteiger partial charge >= 0.3 is 0 Å². The van der Waals surface area contributed by atoms with Gasteiger partial charge in [0, 0.05) is 6.04 Å². The number of hydrogen-bond acceptors (Lipinski definition) is 3. The largest absolute Gasteiger partial charge is 0.324 e. The van der Waals surface area contributed by atoms with E-state index in [-0.39, 0.29) is 24.3 Å². The molecule has 1 aromatic carbocycles. The molecule has 2 rings (SSSR count). The van der Waals surface area contributed by atoms with E-state index in [1.807, 2.05) is 25.2 Å². The second-order valence-electron chi connectivity index (χ2n) is 4.71. The molecule has 1 heterocycles. The lowest BCUT2D eigenvalue weighted by Gasteiger charge is -2.18. The van der Waals surface area contributed by atoms with Gasteiger partial charge in [-0.15, -0.1) is 0 Å². The summed E-state index contributed by atoms with van der Waals surface area (Å²) in [6.07, 6.45) is 1.97. The van der Waals surface area contributed by atoms with Crippen LogP contribution in [0.15, 0.2) is 18.2 Å². The van der Waals surface area contributed by atoms with Crippen molar-refractivity contribution < 1.29 is 9.59 Å². The summed E-state index contributed by atoms with van der Waals surface area (Å²) in [5.74, 6) is -0.548. The highest BCUT2D eigenvalue weighted by atomic mass is 16.2. The molecule has 102 valence electrons. The smallest absolute Gasteiger partial charge is 0.233 e. The average Bonchev–Trinajstić information content (AvgIpc) is 2.51. The molecule has 0 saturated carbocycles. The van der Waals surface area contributed by atoms with Crippen LogP contribution >= 0.6 is 0 Å². The van der Waals surface area contributed by atoms with E-state index >= 15 is 0 Å². The first kappa shape index (κ1) is 13.5. The van der Waals surface area contributed by atoms with Crippen LogP contribution in [0, 0.1) is 0 Å². The molecule has 0 fully saturated rings. The number of benzene rings is 1. The summed E-state index contributed by atoms with van der Waals surface area (Å²) in [6.45, 7) is 2.13. The van der Waals surface area contributed by atoms with Crippen molar-refractivity contribution >= 4 is 23.2 Å². The minimum Gasteiger partial charge on any atom is -0.324 e. The Morgan fingerprint density at radius 1 is 1.21 bits per heavy atom. The van der Waals surface area contributed by atoms with Crippen LogP contribution in [0.25, 0.3) is 0 Å². The molecule has 0 saturated heterocycles. The molecule has 5 nitrogen and oxygen atoms in total. The summed E-state index contributed by atoms with van der Waals surface area (Å²) in [4.78, 5) is 23.0. The fourth-order valence-corrected chi connectivity index (χ4v) is 2.29. The number of anilines is 2. The van der Waals surface area contributed by atoms with E-state index in [0.29, 0.717) is 11.4 Å². The van der Waals surface area contributed by atoms with Crippen LogP contribution < -0.4 is 16.0 Å². The molecule has 2 amide bonds. The van der Waals surface area contributed by atoms with E-state index in [4.69, 9.17) is 0 Å². The van der Waals surface area contributed by atoms with Gasteiger partial charge in [0.25, 0.3) is 0 Å². The van der Waals surface area contributed by atoms with E-state index < -0.39 is 0 Å². The number of amides is 2. The van der Waals surface area contributed by atoms with Crippen molar-refractivity contribution in [3.8, 4) is 0 Å². The Kier molecular flexibility index (Phi) is 4.16. The van der Waals surface area contributed by atoms with Gasteiger partial charge in [-0.1, -0.05) is 19.4 Å². The topological polar surface area (TPSA) is 70.2 Å². The van der Waals surface area contributed by atoms with Crippen LogP contribution in [-0.2, 0) is 9.59 Å². The minimum absolute atomic E-state index is 0.131. The van der Waals surface area contributed by atoms with Gasteiger partial charge in [-0.3, -0.25) is 9.59 Å². The lowest BCUT2D eigenvalue weighted by Crippen LogP contribution is -2.16. The minimum atomic E-state index is -0.275. The zero-order chi connectivity index (χ0) is 13.8. The summed E-state index contributed by atoms with van der Waals surface area (Å²) in [5.41, 5.74) is 2.44. The summed E-state index contributed by atoms with van der Waals surface area (Å²) in [6, 6.07) is 6.00. The molecule has 0 bridgehead atoms. The molecule has 1 aliphatic rings. The first-order valence-electron chi connectivity index (χ1n) is 6.55. The highest BCUT2D eigenvalue weighted by Crippen LogP contribution is 2.29. The van der Waals surface area contributed by atoms with Crippen LogP contribution in [0.5, 0.6) is 0 Å². The van der Waals surface area contributed by atoms with E-state index in [0.717, 1.165) is 18.4 Å². The maximum absolute atomic E-state index is 11.5. The van der Waals surface area contributed by atoms with Crippen molar-refractivity contribution in [1.82, 2.24) is 5.32 Å². The van der Waals surface area contributed by atoms with Crippen LogP contribution in [-0.4, -0.2) is 18.9 Å². The van der Waals surface area contributed by atoms with Gasteiger partial charge < -0.3 is 16.0 Å². The fourth-order valence-electron chi connectivity index (χ4n) is 2.29. The van der Waals surface area contributed by atoms with Crippen molar-refractivity contribution in [3.05, 3.63) is 23.8 Å². The predicted octanol–water partition coefficient (Wildman–Crippen LogP) is 2.03. The standard InChI is InChI=1S/C14H19N3O2/c1-3-4-10(15-2)9-5-6-11-12(7-9)17-14(19)8-13(18)16-11/h5-7,10,15H,3-4,8H2,1-2H3,(H,16,18)(H,17,19). The lowest BCUT2D eigenvalue weighted by molar-refractivity contribution is -0.123. The molecule has 1 aromatic rings. The molecule has 0 radical (unpaired) electrons. The first-order chi connectivity index (χ1) is 9.13. The number of carbonyl (C=O) groups is 2. The lowest BCUT2D eigenvalue weighted by atomic mass is 10.0. The molecule has 0 spiro atoms. The van der Waals surface area contributed by atoms with Gasteiger partial charge in [0.2, 0.25) is 11.8 Å². The first-order valence-corrected chi connectivity index (χ1v) is 6.55. The third-order valence-corrected chi connectivity index (χ3v) is 3.24. The Hall–Kier alpha value is -1.88. The second-order valence-corrected chi connectivity index (χ2v) is 4.71. The van der Waals surface area contributed by atoms with E-state index in [9.17, 15) is 9.59 Å². The van der Waals surface area contributed by atoms with Gasteiger partial charge in [0.15, 0.2) is 0 Å². The highest BCUT2D eigenvalue weighted by molar-refractivity contribution is 6.13. The Bertz CT molecular complexity index is 499. The number of nitrogens with one attached hydrogen (secondary N) is 3. The van der Waals surface area contributed by atoms with E-state index in [2.05, 4.69) is 22.9 Å². The quantitative estimate of drug-likeness (QED) is 0.726. The van der Waals surface area contributed by atoms with Crippen LogP contribution in [0.1, 0.15) is 37.8 Å². The van der Waals surface area contributed by atoms with Gasteiger partial charge in [-0.2, -0.15) is 0 Å². The van der Waals surface area contributed by atoms with Gasteiger partial charge in [0.1, 0.15) is 6.42 Å². The zero-order valence-corrected chi connectivity index (χ0v) is 11.2. The molecule has 19 heavy (non-hydrogen) atoms. The second kappa shape index (κ2) is 5.84. The van der Waals surface area contributed by atoms with Crippen LogP contribution in [0.4, 0.5) is 11.4 Å². The molecular weight excluding hydrogens is 242 g/mol. The Morgan fingerprint density at radius 3 is 2.53 bits per heavy atom. The maximum atomic E-state index is 11.5. The third-order valence-electron chi connectivity index (χ3n) is 3.24. The monoisotopic (exact) mass is 261 g/mol. The average molecular weight is 261 g/mol. The van der Waals surface area contributed by atoms with Crippen molar-refractivity contribution in [2.45, 2.75) is 32.2 Å². The van der Waals surface area contributed by atoms with E-state index in [1.165, 1.54) is 0 Å². The molecule has 0 aliphatic carbocycles. The number of fused-ring (bicyclic) bond motifs is 1. The van der Waals surface area contributed by atoms with Crippen LogP contribution in [0.2, 0.25) is 0 Å². The molecular formula is C14H19N3O2. The van der Waals surface area contributed by atoms with Gasteiger partial charge in [-0.25, -0.2) is 0 Å². The third kappa shape index (κ3) is 3.12. The van der Waals surface area contributed by atoms with Crippen LogP contribution in [0.3, 0.4) is 0 Å². The SMILES string of the molecule is CCCC(NC)c1ccc2c(c1)NC(=O)CC(=O)N2. The molecule has 3 N–H and O–H groups in total. The van der Waals surface area contributed by atoms with Crippen molar-refractivity contribution in [3.63, 3.8) is 0 Å². The number of rotatable bonds is 4. The zero-order valence-electron chi connectivity index (χ0n) is 11.2. The Balaban J connectivity index is 2.32. The Labute approximate surface area is 112 Å². The fraction of sp³-hybridized carbons (Fsp3) is 0.429. The summed E-state index contributed by atoms with van der Waals surface area (Å²) in [7, 11) is 1.92. The van der Waals surface area contributed by atoms with Gasteiger partial charge in [-0.05, 0) is 31.2 Å². The highest BCUT2D eigenvalue weighted by Gasteiger charge is 2.19. The maximum Gasteiger partial charge on any atom is 0.233 e. The molecule has 1 atom stereocenters. The van der Waals surface area contributed by atoms with Gasteiger partial charge in [0.05, 0.1) is 11.4 Å². The normalized spacial score (nSPS) is 16.1. The predicted molar refractivity (Wildman–Crippen MR) is 75.0 cm³/mol. The van der Waals surface area contributed by atoms with E-state index in [1.54, 1.807) is 0 Å². The summed E-state index contributed by atoms with van der Waals surface area (Å²) in [5, 5.41) is 8.75. The molecule has 1 aliphatic heterocycles. The summed E-state index contributed by atoms with van der Waals surface area (Å²) >= 11 is 0.